The molecule has 0 radical (unpaired) electrons. The quantitative estimate of drug-likeness (QED) is 0.424. The van der Waals surface area contributed by atoms with Crippen LogP contribution in [0.1, 0.15) is 52.0 Å². The van der Waals surface area contributed by atoms with Crippen molar-refractivity contribution >= 4 is 16.6 Å². The molecule has 0 unspecified atom stereocenters. The molecule has 2 aromatic carbocycles. The van der Waals surface area contributed by atoms with Crippen molar-refractivity contribution in [1.82, 2.24) is 20.1 Å². The van der Waals surface area contributed by atoms with E-state index in [2.05, 4.69) is 85.8 Å². The maximum absolute atomic E-state index is 3.68. The normalized spacial score (nSPS) is 17.4. The van der Waals surface area contributed by atoms with Crippen molar-refractivity contribution in [2.45, 2.75) is 46.5 Å². The van der Waals surface area contributed by atoms with Crippen LogP contribution in [0.15, 0.2) is 60.8 Å². The number of piperidine rings is 1. The molecule has 2 N–H and O–H groups in total. The number of piperazine rings is 1. The SMILES string of the molecule is CC.CC.c1ccc(N2CCN(CNCCN3CCC(c4c[nH]c5ccccc45)CC3)CC2)cc1. The number of aromatic amines is 1. The lowest BCUT2D eigenvalue weighted by Gasteiger charge is -2.36. The molecule has 192 valence electrons. The maximum atomic E-state index is 3.68. The third-order valence-corrected chi connectivity index (χ3v) is 7.08. The summed E-state index contributed by atoms with van der Waals surface area (Å²) in [5.74, 6) is 0.696. The topological polar surface area (TPSA) is 37.5 Å². The molecule has 5 rings (SSSR count). The Labute approximate surface area is 213 Å². The Bertz CT molecular complexity index is 938. The summed E-state index contributed by atoms with van der Waals surface area (Å²) in [6.45, 7) is 18.2. The van der Waals surface area contributed by atoms with Gasteiger partial charge in [0.15, 0.2) is 0 Å². The highest BCUT2D eigenvalue weighted by Gasteiger charge is 2.22. The smallest absolute Gasteiger partial charge is 0.0482 e. The lowest BCUT2D eigenvalue weighted by molar-refractivity contribution is 0.198. The molecule has 35 heavy (non-hydrogen) atoms. The van der Waals surface area contributed by atoms with Gasteiger partial charge in [0.1, 0.15) is 0 Å². The van der Waals surface area contributed by atoms with Crippen LogP contribution in [0.2, 0.25) is 0 Å². The summed E-state index contributed by atoms with van der Waals surface area (Å²) in [6, 6.07) is 19.5. The first kappa shape index (κ1) is 27.3. The molecule has 0 atom stereocenters. The van der Waals surface area contributed by atoms with Crippen molar-refractivity contribution in [3.63, 3.8) is 0 Å². The number of benzene rings is 2. The minimum Gasteiger partial charge on any atom is -0.369 e. The first-order valence-corrected chi connectivity index (χ1v) is 13.9. The molecule has 0 saturated carbocycles. The second-order valence-electron chi connectivity index (χ2n) is 9.00. The average Bonchev–Trinajstić information content (AvgIpc) is 3.39. The van der Waals surface area contributed by atoms with Gasteiger partial charge in [-0.2, -0.15) is 0 Å². The van der Waals surface area contributed by atoms with Gasteiger partial charge >= 0.3 is 0 Å². The fraction of sp³-hybridized carbons (Fsp3) is 0.533. The van der Waals surface area contributed by atoms with Gasteiger partial charge in [0.2, 0.25) is 0 Å². The maximum Gasteiger partial charge on any atom is 0.0482 e. The molecule has 2 fully saturated rings. The van der Waals surface area contributed by atoms with Crippen molar-refractivity contribution in [1.29, 1.82) is 0 Å². The Morgan fingerprint density at radius 3 is 2.14 bits per heavy atom. The summed E-state index contributed by atoms with van der Waals surface area (Å²) in [6.07, 6.45) is 4.77. The van der Waals surface area contributed by atoms with Crippen LogP contribution in [0.25, 0.3) is 10.9 Å². The van der Waals surface area contributed by atoms with Crippen LogP contribution in [-0.4, -0.2) is 73.8 Å². The van der Waals surface area contributed by atoms with Crippen LogP contribution in [0.3, 0.4) is 0 Å². The number of para-hydroxylation sites is 2. The molecule has 0 bridgehead atoms. The van der Waals surface area contributed by atoms with Crippen LogP contribution in [0.5, 0.6) is 0 Å². The van der Waals surface area contributed by atoms with Crippen LogP contribution in [0, 0.1) is 0 Å². The zero-order chi connectivity index (χ0) is 24.9. The lowest BCUT2D eigenvalue weighted by Crippen LogP contribution is -2.50. The molecule has 2 saturated heterocycles. The standard InChI is InChI=1S/C26H35N5.2C2H6/c1-2-6-23(7-3-1)31-18-16-30(17-19-31)21-27-12-15-29-13-10-22(11-14-29)25-20-28-26-9-5-4-8-24(25)26;2*1-2/h1-9,20,22,27-28H,10-19,21H2;2*1-2H3. The van der Waals surface area contributed by atoms with E-state index in [1.165, 1.54) is 48.1 Å². The molecule has 1 aromatic heterocycles. The van der Waals surface area contributed by atoms with Gasteiger partial charge in [-0.1, -0.05) is 64.1 Å². The Morgan fingerprint density at radius 1 is 0.771 bits per heavy atom. The summed E-state index contributed by atoms with van der Waals surface area (Å²) < 4.78 is 0. The van der Waals surface area contributed by atoms with Crippen molar-refractivity contribution in [3.05, 3.63) is 66.4 Å². The van der Waals surface area contributed by atoms with Crippen LogP contribution in [0.4, 0.5) is 5.69 Å². The fourth-order valence-electron chi connectivity index (χ4n) is 5.18. The Hall–Kier alpha value is -2.34. The minimum absolute atomic E-state index is 0.696. The summed E-state index contributed by atoms with van der Waals surface area (Å²) in [5.41, 5.74) is 4.14. The van der Waals surface area contributed by atoms with E-state index in [0.717, 1.165) is 45.9 Å². The second-order valence-corrected chi connectivity index (χ2v) is 9.00. The molecular weight excluding hydrogens is 430 g/mol. The van der Waals surface area contributed by atoms with Crippen LogP contribution < -0.4 is 10.2 Å². The number of anilines is 1. The molecule has 0 amide bonds. The second kappa shape index (κ2) is 14.9. The van der Waals surface area contributed by atoms with Gasteiger partial charge in [-0.3, -0.25) is 4.90 Å². The van der Waals surface area contributed by atoms with Crippen molar-refractivity contribution in [2.24, 2.45) is 0 Å². The van der Waals surface area contributed by atoms with E-state index < -0.39 is 0 Å². The first-order valence-electron chi connectivity index (χ1n) is 13.9. The highest BCUT2D eigenvalue weighted by molar-refractivity contribution is 5.83. The largest absolute Gasteiger partial charge is 0.369 e. The van der Waals surface area contributed by atoms with E-state index in [-0.39, 0.29) is 0 Å². The number of aromatic nitrogens is 1. The fourth-order valence-corrected chi connectivity index (χ4v) is 5.18. The lowest BCUT2D eigenvalue weighted by atomic mass is 9.89. The van der Waals surface area contributed by atoms with Gasteiger partial charge in [0.25, 0.3) is 0 Å². The summed E-state index contributed by atoms with van der Waals surface area (Å²) in [5, 5.41) is 5.09. The van der Waals surface area contributed by atoms with Gasteiger partial charge in [-0.25, -0.2) is 0 Å². The molecule has 3 aromatic rings. The third-order valence-electron chi connectivity index (χ3n) is 7.08. The molecule has 3 heterocycles. The minimum atomic E-state index is 0.696. The number of fused-ring (bicyclic) bond motifs is 1. The highest BCUT2D eigenvalue weighted by Crippen LogP contribution is 2.32. The number of H-pyrrole nitrogens is 1. The first-order chi connectivity index (χ1) is 17.4. The summed E-state index contributed by atoms with van der Waals surface area (Å²) >= 11 is 0. The van der Waals surface area contributed by atoms with E-state index in [1.807, 2.05) is 27.7 Å². The Morgan fingerprint density at radius 2 is 1.43 bits per heavy atom. The monoisotopic (exact) mass is 477 g/mol. The Balaban J connectivity index is 0.000000815. The zero-order valence-corrected chi connectivity index (χ0v) is 22.5. The molecule has 5 nitrogen and oxygen atoms in total. The molecule has 2 aliphatic heterocycles. The predicted octanol–water partition coefficient (Wildman–Crippen LogP) is 5.77. The highest BCUT2D eigenvalue weighted by atomic mass is 15.3. The van der Waals surface area contributed by atoms with Crippen molar-refractivity contribution in [3.8, 4) is 0 Å². The van der Waals surface area contributed by atoms with E-state index >= 15 is 0 Å². The number of nitrogens with zero attached hydrogens (tertiary/aromatic N) is 3. The zero-order valence-electron chi connectivity index (χ0n) is 22.5. The van der Waals surface area contributed by atoms with Gasteiger partial charge in [0.05, 0.1) is 0 Å². The molecular formula is C30H47N5. The van der Waals surface area contributed by atoms with E-state index in [4.69, 9.17) is 0 Å². The number of hydrogen-bond acceptors (Lipinski definition) is 4. The molecule has 5 heteroatoms. The molecule has 0 aliphatic carbocycles. The summed E-state index contributed by atoms with van der Waals surface area (Å²) in [7, 11) is 0. The van der Waals surface area contributed by atoms with E-state index in [0.29, 0.717) is 5.92 Å². The average molecular weight is 478 g/mol. The van der Waals surface area contributed by atoms with Crippen LogP contribution in [-0.2, 0) is 0 Å². The van der Waals surface area contributed by atoms with Crippen LogP contribution >= 0.6 is 0 Å². The van der Waals surface area contributed by atoms with Gasteiger partial charge < -0.3 is 20.1 Å². The van der Waals surface area contributed by atoms with Gasteiger partial charge in [-0.05, 0) is 55.6 Å². The number of likely N-dealkylation sites (tertiary alicyclic amines) is 1. The third kappa shape index (κ3) is 7.57. The van der Waals surface area contributed by atoms with Crippen molar-refractivity contribution < 1.29 is 0 Å². The number of hydrogen-bond donors (Lipinski definition) is 2. The number of rotatable bonds is 7. The van der Waals surface area contributed by atoms with Gasteiger partial charge in [-0.15, -0.1) is 0 Å². The summed E-state index contributed by atoms with van der Waals surface area (Å²) in [4.78, 5) is 11.1. The predicted molar refractivity (Wildman–Crippen MR) is 153 cm³/mol. The molecule has 0 spiro atoms. The van der Waals surface area contributed by atoms with Gasteiger partial charge in [0, 0.05) is 68.7 Å². The number of nitrogens with one attached hydrogen (secondary N) is 2. The van der Waals surface area contributed by atoms with E-state index in [9.17, 15) is 0 Å². The molecule has 2 aliphatic rings. The van der Waals surface area contributed by atoms with E-state index in [1.54, 1.807) is 0 Å². The van der Waals surface area contributed by atoms with Crippen molar-refractivity contribution in [2.75, 3.05) is 63.9 Å². The Kier molecular flexibility index (Phi) is 11.6.